The topological polar surface area (TPSA) is 34.1 Å². The van der Waals surface area contributed by atoms with Gasteiger partial charge in [0, 0.05) is 16.7 Å². The van der Waals surface area contributed by atoms with Gasteiger partial charge in [-0.1, -0.05) is 6.42 Å². The van der Waals surface area contributed by atoms with E-state index in [1.807, 2.05) is 0 Å². The third kappa shape index (κ3) is 0.855. The van der Waals surface area contributed by atoms with Crippen LogP contribution in [0.5, 0.6) is 0 Å². The van der Waals surface area contributed by atoms with E-state index in [1.54, 1.807) is 0 Å². The Hall–Kier alpha value is 0.170. The standard InChI is InChI=1S/C6H8O2S2/c7-6-4-2-1-3-5(4)10(8)9-6/h4-5H,1-3H2. The van der Waals surface area contributed by atoms with Gasteiger partial charge in [0.15, 0.2) is 0 Å². The fraction of sp³-hybridized carbons (Fsp3) is 0.833. The Kier molecular flexibility index (Phi) is 1.60. The Morgan fingerprint density at radius 3 is 3.00 bits per heavy atom. The average Bonchev–Trinajstić information content (AvgIpc) is 2.39. The van der Waals surface area contributed by atoms with Gasteiger partial charge in [0.1, 0.15) is 0 Å². The zero-order chi connectivity index (χ0) is 7.14. The minimum Gasteiger partial charge on any atom is -0.286 e. The molecule has 3 unspecified atom stereocenters. The average molecular weight is 176 g/mol. The molecule has 1 heterocycles. The van der Waals surface area contributed by atoms with Crippen molar-refractivity contribution < 1.29 is 9.00 Å². The fourth-order valence-corrected chi connectivity index (χ4v) is 5.21. The van der Waals surface area contributed by atoms with Gasteiger partial charge >= 0.3 is 0 Å². The van der Waals surface area contributed by atoms with Gasteiger partial charge in [-0.25, -0.2) is 4.21 Å². The van der Waals surface area contributed by atoms with Gasteiger partial charge in [0.25, 0.3) is 0 Å². The second-order valence-corrected chi connectivity index (χ2v) is 5.92. The molecule has 2 aliphatic rings. The van der Waals surface area contributed by atoms with Crippen molar-refractivity contribution in [2.75, 3.05) is 0 Å². The lowest BCUT2D eigenvalue weighted by molar-refractivity contribution is -0.113. The number of hydrogen-bond donors (Lipinski definition) is 0. The largest absolute Gasteiger partial charge is 0.286 e. The molecule has 2 nitrogen and oxygen atoms in total. The van der Waals surface area contributed by atoms with E-state index in [0.29, 0.717) is 0 Å². The minimum absolute atomic E-state index is 0.144. The van der Waals surface area contributed by atoms with Crippen molar-refractivity contribution in [3.63, 3.8) is 0 Å². The Balaban J connectivity index is 2.27. The molecule has 0 amide bonds. The Labute approximate surface area is 65.6 Å². The molecule has 1 saturated heterocycles. The summed E-state index contributed by atoms with van der Waals surface area (Å²) in [5.41, 5.74) is 0. The molecule has 1 saturated carbocycles. The number of rotatable bonds is 0. The normalized spacial score (nSPS) is 46.0. The van der Waals surface area contributed by atoms with Crippen LogP contribution in [0, 0.1) is 5.92 Å². The summed E-state index contributed by atoms with van der Waals surface area (Å²) in [6.45, 7) is 0. The molecule has 56 valence electrons. The molecule has 1 aliphatic carbocycles. The van der Waals surface area contributed by atoms with Crippen LogP contribution in [0.15, 0.2) is 0 Å². The number of carbonyl (C=O) groups is 1. The van der Waals surface area contributed by atoms with Crippen molar-refractivity contribution >= 4 is 25.7 Å². The smallest absolute Gasteiger partial charge is 0.206 e. The molecule has 0 radical (unpaired) electrons. The molecular weight excluding hydrogens is 168 g/mol. The van der Waals surface area contributed by atoms with Gasteiger partial charge in [-0.05, 0) is 12.8 Å². The number of fused-ring (bicyclic) bond motifs is 1. The monoisotopic (exact) mass is 176 g/mol. The van der Waals surface area contributed by atoms with Crippen LogP contribution in [-0.2, 0) is 14.6 Å². The van der Waals surface area contributed by atoms with Gasteiger partial charge in [-0.2, -0.15) is 0 Å². The third-order valence-electron chi connectivity index (χ3n) is 2.17. The van der Waals surface area contributed by atoms with Crippen LogP contribution in [0.25, 0.3) is 0 Å². The van der Waals surface area contributed by atoms with Crippen molar-refractivity contribution in [2.45, 2.75) is 24.5 Å². The highest BCUT2D eigenvalue weighted by atomic mass is 33.1. The molecule has 0 N–H and O–H groups in total. The van der Waals surface area contributed by atoms with Crippen LogP contribution in [0.3, 0.4) is 0 Å². The Morgan fingerprint density at radius 1 is 1.50 bits per heavy atom. The molecular formula is C6H8O2S2. The first-order valence-corrected chi connectivity index (χ1v) is 5.96. The van der Waals surface area contributed by atoms with Crippen molar-refractivity contribution in [2.24, 2.45) is 5.92 Å². The van der Waals surface area contributed by atoms with Crippen LogP contribution >= 0.6 is 10.8 Å². The molecule has 2 fully saturated rings. The lowest BCUT2D eigenvalue weighted by atomic mass is 10.1. The lowest BCUT2D eigenvalue weighted by Gasteiger charge is -2.00. The van der Waals surface area contributed by atoms with Crippen LogP contribution in [0.4, 0.5) is 0 Å². The maximum absolute atomic E-state index is 11.1. The summed E-state index contributed by atoms with van der Waals surface area (Å²) in [5, 5.41) is 0.373. The van der Waals surface area contributed by atoms with Gasteiger partial charge in [-0.15, -0.1) is 0 Å². The molecule has 2 rings (SSSR count). The zero-order valence-electron chi connectivity index (χ0n) is 5.41. The van der Waals surface area contributed by atoms with Crippen molar-refractivity contribution in [3.05, 3.63) is 0 Å². The van der Waals surface area contributed by atoms with Gasteiger partial charge in [0.2, 0.25) is 5.12 Å². The highest BCUT2D eigenvalue weighted by molar-refractivity contribution is 8.76. The van der Waals surface area contributed by atoms with Crippen LogP contribution in [0.2, 0.25) is 0 Å². The fourth-order valence-electron chi connectivity index (χ4n) is 1.63. The molecule has 0 spiro atoms. The Bertz CT molecular complexity index is 182. The quantitative estimate of drug-likeness (QED) is 0.518. The van der Waals surface area contributed by atoms with Gasteiger partial charge in [0.05, 0.1) is 15.1 Å². The van der Waals surface area contributed by atoms with Gasteiger partial charge < -0.3 is 0 Å². The third-order valence-corrected chi connectivity index (χ3v) is 5.58. The van der Waals surface area contributed by atoms with E-state index in [2.05, 4.69) is 0 Å². The minimum atomic E-state index is -0.891. The molecule has 3 atom stereocenters. The number of carbonyl (C=O) groups excluding carboxylic acids is 1. The van der Waals surface area contributed by atoms with E-state index in [-0.39, 0.29) is 16.3 Å². The van der Waals surface area contributed by atoms with Crippen LogP contribution < -0.4 is 0 Å². The predicted molar refractivity (Wildman–Crippen MR) is 41.9 cm³/mol. The Morgan fingerprint density at radius 2 is 2.30 bits per heavy atom. The summed E-state index contributed by atoms with van der Waals surface area (Å²) in [7, 11) is 0.155. The molecule has 0 aromatic heterocycles. The van der Waals surface area contributed by atoms with Gasteiger partial charge in [-0.3, -0.25) is 4.79 Å². The first-order chi connectivity index (χ1) is 4.79. The zero-order valence-corrected chi connectivity index (χ0v) is 7.04. The first kappa shape index (κ1) is 6.85. The summed E-state index contributed by atoms with van der Waals surface area (Å²) < 4.78 is 11.1. The van der Waals surface area contributed by atoms with Crippen molar-refractivity contribution in [1.82, 2.24) is 0 Å². The maximum atomic E-state index is 11.1. The van der Waals surface area contributed by atoms with E-state index in [9.17, 15) is 9.00 Å². The first-order valence-electron chi connectivity index (χ1n) is 3.42. The summed E-state index contributed by atoms with van der Waals surface area (Å²) in [6.07, 6.45) is 3.06. The lowest BCUT2D eigenvalue weighted by Crippen LogP contribution is -2.13. The van der Waals surface area contributed by atoms with E-state index in [0.717, 1.165) is 30.1 Å². The van der Waals surface area contributed by atoms with E-state index in [4.69, 9.17) is 0 Å². The molecule has 1 aliphatic heterocycles. The molecule has 10 heavy (non-hydrogen) atoms. The summed E-state index contributed by atoms with van der Waals surface area (Å²) >= 11 is 0. The van der Waals surface area contributed by atoms with Crippen LogP contribution in [0.1, 0.15) is 19.3 Å². The van der Waals surface area contributed by atoms with Crippen molar-refractivity contribution in [3.8, 4) is 0 Å². The molecule has 0 bridgehead atoms. The molecule has 4 heteroatoms. The van der Waals surface area contributed by atoms with E-state index >= 15 is 0 Å². The summed E-state index contributed by atoms with van der Waals surface area (Å²) in [5.74, 6) is 0.144. The molecule has 0 aromatic carbocycles. The molecule has 0 aromatic rings. The SMILES string of the molecule is O=C1SS(=O)C2CCCC12. The predicted octanol–water partition coefficient (Wildman–Crippen LogP) is 1.09. The second kappa shape index (κ2) is 2.34. The maximum Gasteiger partial charge on any atom is 0.206 e. The van der Waals surface area contributed by atoms with E-state index < -0.39 is 9.83 Å². The highest BCUT2D eigenvalue weighted by Crippen LogP contribution is 2.43. The van der Waals surface area contributed by atoms with Crippen LogP contribution in [-0.4, -0.2) is 14.6 Å². The van der Waals surface area contributed by atoms with Crippen molar-refractivity contribution in [1.29, 1.82) is 0 Å². The summed E-state index contributed by atoms with van der Waals surface area (Å²) in [6, 6.07) is 0. The van der Waals surface area contributed by atoms with E-state index in [1.165, 1.54) is 0 Å². The summed E-state index contributed by atoms with van der Waals surface area (Å²) in [4.78, 5) is 11.0. The second-order valence-electron chi connectivity index (χ2n) is 2.74. The number of hydrogen-bond acceptors (Lipinski definition) is 3. The highest BCUT2D eigenvalue weighted by Gasteiger charge is 2.44.